The Hall–Kier alpha value is -0.0900. The molecule has 0 aromatic heterocycles. The van der Waals surface area contributed by atoms with Crippen LogP contribution >= 0.6 is 22.6 Å². The summed E-state index contributed by atoms with van der Waals surface area (Å²) in [6.45, 7) is 2.28. The van der Waals surface area contributed by atoms with Gasteiger partial charge < -0.3 is 5.32 Å². The second-order valence-electron chi connectivity index (χ2n) is 5.63. The minimum Gasteiger partial charge on any atom is -0.313 e. The normalized spacial score (nSPS) is 12.6. The number of halogens is 1. The minimum absolute atomic E-state index is 0.517. The highest BCUT2D eigenvalue weighted by atomic mass is 127. The Bertz CT molecular complexity index is 351. The molecular weight excluding hydrogens is 357 g/mol. The Kier molecular flexibility index (Phi) is 10.4. The average Bonchev–Trinajstić information content (AvgIpc) is 2.47. The summed E-state index contributed by atoms with van der Waals surface area (Å²) in [7, 11) is 2.08. The molecule has 20 heavy (non-hydrogen) atoms. The zero-order chi connectivity index (χ0) is 14.6. The van der Waals surface area contributed by atoms with Gasteiger partial charge in [-0.25, -0.2) is 0 Å². The molecule has 1 unspecified atom stereocenters. The molecule has 1 rings (SSSR count). The first-order chi connectivity index (χ1) is 9.79. The van der Waals surface area contributed by atoms with Crippen LogP contribution in [-0.4, -0.2) is 7.05 Å². The van der Waals surface area contributed by atoms with Crippen molar-refractivity contribution < 1.29 is 0 Å². The van der Waals surface area contributed by atoms with Crippen LogP contribution in [0.1, 0.15) is 76.3 Å². The van der Waals surface area contributed by atoms with Crippen LogP contribution in [0.15, 0.2) is 24.3 Å². The van der Waals surface area contributed by atoms with Gasteiger partial charge in [0, 0.05) is 9.61 Å². The van der Waals surface area contributed by atoms with Crippen molar-refractivity contribution in [2.45, 2.75) is 70.8 Å². The van der Waals surface area contributed by atoms with Gasteiger partial charge in [-0.1, -0.05) is 76.5 Å². The molecule has 0 saturated carbocycles. The molecule has 1 aromatic rings. The Morgan fingerprint density at radius 1 is 0.950 bits per heavy atom. The van der Waals surface area contributed by atoms with E-state index in [1.807, 2.05) is 0 Å². The zero-order valence-electron chi connectivity index (χ0n) is 13.1. The van der Waals surface area contributed by atoms with E-state index in [0.29, 0.717) is 6.04 Å². The van der Waals surface area contributed by atoms with Crippen LogP contribution in [0.2, 0.25) is 0 Å². The third-order valence-corrected chi connectivity index (χ3v) is 4.96. The summed E-state index contributed by atoms with van der Waals surface area (Å²) in [6, 6.07) is 9.24. The standard InChI is InChI=1S/C18H30IN/c1-3-4-5-6-7-8-9-10-15-18(20-2)16-13-11-12-14-17(16)19/h11-14,18,20H,3-10,15H2,1-2H3. The fraction of sp³-hybridized carbons (Fsp3) is 0.667. The molecule has 0 amide bonds. The van der Waals surface area contributed by atoms with Gasteiger partial charge in [-0.05, 0) is 47.7 Å². The van der Waals surface area contributed by atoms with Gasteiger partial charge in [0.1, 0.15) is 0 Å². The van der Waals surface area contributed by atoms with E-state index in [1.54, 1.807) is 0 Å². The van der Waals surface area contributed by atoms with E-state index >= 15 is 0 Å². The van der Waals surface area contributed by atoms with E-state index in [4.69, 9.17) is 0 Å². The van der Waals surface area contributed by atoms with Crippen LogP contribution in [0.3, 0.4) is 0 Å². The quantitative estimate of drug-likeness (QED) is 0.358. The van der Waals surface area contributed by atoms with Gasteiger partial charge in [-0.15, -0.1) is 0 Å². The van der Waals surface area contributed by atoms with Crippen molar-refractivity contribution in [3.05, 3.63) is 33.4 Å². The maximum atomic E-state index is 3.47. The van der Waals surface area contributed by atoms with E-state index in [-0.39, 0.29) is 0 Å². The molecule has 0 aliphatic rings. The van der Waals surface area contributed by atoms with Crippen molar-refractivity contribution in [1.29, 1.82) is 0 Å². The molecule has 0 fully saturated rings. The van der Waals surface area contributed by atoms with Crippen LogP contribution in [0.4, 0.5) is 0 Å². The summed E-state index contributed by atoms with van der Waals surface area (Å²) in [5.74, 6) is 0. The van der Waals surface area contributed by atoms with Crippen LogP contribution in [0.25, 0.3) is 0 Å². The number of benzene rings is 1. The largest absolute Gasteiger partial charge is 0.313 e. The predicted molar refractivity (Wildman–Crippen MR) is 98.2 cm³/mol. The molecule has 0 heterocycles. The molecule has 0 spiro atoms. The first-order valence-corrected chi connectivity index (χ1v) is 9.29. The zero-order valence-corrected chi connectivity index (χ0v) is 15.3. The molecule has 1 atom stereocenters. The van der Waals surface area contributed by atoms with E-state index in [0.717, 1.165) is 0 Å². The summed E-state index contributed by atoms with van der Waals surface area (Å²) in [4.78, 5) is 0. The second-order valence-corrected chi connectivity index (χ2v) is 6.79. The Morgan fingerprint density at radius 3 is 2.15 bits per heavy atom. The van der Waals surface area contributed by atoms with Crippen LogP contribution < -0.4 is 5.32 Å². The topological polar surface area (TPSA) is 12.0 Å². The van der Waals surface area contributed by atoms with Crippen LogP contribution in [0, 0.1) is 3.57 Å². The van der Waals surface area contributed by atoms with E-state index in [9.17, 15) is 0 Å². The van der Waals surface area contributed by atoms with E-state index in [1.165, 1.54) is 66.9 Å². The van der Waals surface area contributed by atoms with Crippen molar-refractivity contribution in [2.24, 2.45) is 0 Å². The highest BCUT2D eigenvalue weighted by molar-refractivity contribution is 14.1. The molecule has 1 aromatic carbocycles. The molecule has 0 aliphatic heterocycles. The van der Waals surface area contributed by atoms with Crippen molar-refractivity contribution in [3.8, 4) is 0 Å². The maximum absolute atomic E-state index is 3.47. The maximum Gasteiger partial charge on any atom is 0.0328 e. The number of unbranched alkanes of at least 4 members (excludes halogenated alkanes) is 7. The van der Waals surface area contributed by atoms with Crippen LogP contribution in [-0.2, 0) is 0 Å². The molecular formula is C18H30IN. The Balaban J connectivity index is 2.18. The van der Waals surface area contributed by atoms with E-state index in [2.05, 4.69) is 66.1 Å². The number of rotatable bonds is 11. The van der Waals surface area contributed by atoms with Crippen molar-refractivity contribution in [2.75, 3.05) is 7.05 Å². The Labute approximate surface area is 139 Å². The molecule has 114 valence electrons. The van der Waals surface area contributed by atoms with Gasteiger partial charge in [0.05, 0.1) is 0 Å². The molecule has 0 radical (unpaired) electrons. The van der Waals surface area contributed by atoms with Gasteiger partial charge in [0.15, 0.2) is 0 Å². The first kappa shape index (κ1) is 18.0. The third-order valence-electron chi connectivity index (χ3n) is 3.98. The summed E-state index contributed by atoms with van der Waals surface area (Å²) >= 11 is 2.45. The lowest BCUT2D eigenvalue weighted by atomic mass is 9.99. The van der Waals surface area contributed by atoms with Crippen molar-refractivity contribution in [1.82, 2.24) is 5.32 Å². The second kappa shape index (κ2) is 11.6. The Morgan fingerprint density at radius 2 is 1.55 bits per heavy atom. The summed E-state index contributed by atoms with van der Waals surface area (Å²) in [5.41, 5.74) is 1.46. The molecule has 1 nitrogen and oxygen atoms in total. The molecule has 1 N–H and O–H groups in total. The van der Waals surface area contributed by atoms with Crippen molar-refractivity contribution in [3.63, 3.8) is 0 Å². The number of hydrogen-bond acceptors (Lipinski definition) is 1. The summed E-state index contributed by atoms with van der Waals surface area (Å²) < 4.78 is 1.38. The van der Waals surface area contributed by atoms with Gasteiger partial charge in [0.2, 0.25) is 0 Å². The van der Waals surface area contributed by atoms with Gasteiger partial charge in [-0.3, -0.25) is 0 Å². The fourth-order valence-electron chi connectivity index (χ4n) is 2.70. The fourth-order valence-corrected chi connectivity index (χ4v) is 3.46. The van der Waals surface area contributed by atoms with E-state index < -0.39 is 0 Å². The predicted octanol–water partition coefficient (Wildman–Crippen LogP) is 6.08. The third kappa shape index (κ3) is 7.07. The summed E-state index contributed by atoms with van der Waals surface area (Å²) in [5, 5.41) is 3.47. The van der Waals surface area contributed by atoms with Gasteiger partial charge in [-0.2, -0.15) is 0 Å². The first-order valence-electron chi connectivity index (χ1n) is 8.21. The molecule has 0 bridgehead atoms. The lowest BCUT2D eigenvalue weighted by Crippen LogP contribution is -2.17. The minimum atomic E-state index is 0.517. The molecule has 0 saturated heterocycles. The lowest BCUT2D eigenvalue weighted by molar-refractivity contribution is 0.493. The smallest absolute Gasteiger partial charge is 0.0328 e. The van der Waals surface area contributed by atoms with Gasteiger partial charge in [0.25, 0.3) is 0 Å². The SMILES string of the molecule is CCCCCCCCCCC(NC)c1ccccc1I. The highest BCUT2D eigenvalue weighted by Gasteiger charge is 2.11. The average molecular weight is 387 g/mol. The monoisotopic (exact) mass is 387 g/mol. The highest BCUT2D eigenvalue weighted by Crippen LogP contribution is 2.24. The summed E-state index contributed by atoms with van der Waals surface area (Å²) in [6.07, 6.45) is 12.4. The van der Waals surface area contributed by atoms with Crippen molar-refractivity contribution >= 4 is 22.6 Å². The van der Waals surface area contributed by atoms with Crippen LogP contribution in [0.5, 0.6) is 0 Å². The number of hydrogen-bond donors (Lipinski definition) is 1. The molecule has 2 heteroatoms. The lowest BCUT2D eigenvalue weighted by Gasteiger charge is -2.18. The number of nitrogens with one attached hydrogen (secondary N) is 1. The van der Waals surface area contributed by atoms with Gasteiger partial charge >= 0.3 is 0 Å². The molecule has 0 aliphatic carbocycles.